The standard InChI is InChI=1S/2C30H30N3O2.Zn/c1-16-10-19(4)28(20(5)11-16)34-26-14-18(3)24(32-26)15-25-23(8)27(31-9)30(33-25)35-29-21(6)12-17(2)13-22(29)7;1-16-9-21(6)29(22(7)10-16)35-30-24(15-31)23(8)26(33-30)14-25-19(4)13-28(32-25)34-27-12-18(3)17(2)11-20(27)5;/h10-15H,1-8H3;9-14H,1-8H3;/q2*-1;+2/b24-15-;26-14-;. The average molecular weight is 995 g/mol. The Morgan fingerprint density at radius 2 is 1.04 bits per heavy atom. The third-order valence-electron chi connectivity index (χ3n) is 12.5. The van der Waals surface area contributed by atoms with Crippen molar-refractivity contribution in [2.24, 2.45) is 9.98 Å². The quantitative estimate of drug-likeness (QED) is 0.110. The van der Waals surface area contributed by atoms with Crippen LogP contribution in [-0.2, 0) is 19.5 Å². The van der Waals surface area contributed by atoms with Gasteiger partial charge < -0.3 is 28.9 Å². The van der Waals surface area contributed by atoms with Gasteiger partial charge in [-0.05, 0) is 177 Å². The van der Waals surface area contributed by atoms with Crippen LogP contribution >= 0.6 is 0 Å². The Morgan fingerprint density at radius 1 is 0.535 bits per heavy atom. The first kappa shape index (κ1) is 52.9. The van der Waals surface area contributed by atoms with Gasteiger partial charge in [-0.2, -0.15) is 5.26 Å². The van der Waals surface area contributed by atoms with E-state index in [9.17, 15) is 5.26 Å². The van der Waals surface area contributed by atoms with Crippen LogP contribution in [0.3, 0.4) is 0 Å². The molecule has 71 heavy (non-hydrogen) atoms. The van der Waals surface area contributed by atoms with Crippen LogP contribution in [0.15, 0.2) is 98.8 Å². The summed E-state index contributed by atoms with van der Waals surface area (Å²) in [5, 5.41) is 9.81. The number of aliphatic imine (C=N–C) groups is 2. The van der Waals surface area contributed by atoms with E-state index in [4.69, 9.17) is 30.5 Å². The minimum atomic E-state index is 0. The number of hydrogen-bond acceptors (Lipinski definition) is 7. The molecule has 8 rings (SSSR count). The van der Waals surface area contributed by atoms with Crippen molar-refractivity contribution < 1.29 is 38.4 Å². The zero-order valence-corrected chi connectivity index (χ0v) is 46.9. The summed E-state index contributed by atoms with van der Waals surface area (Å²) in [7, 11) is 0. The van der Waals surface area contributed by atoms with Crippen LogP contribution in [0.2, 0.25) is 0 Å². The van der Waals surface area contributed by atoms with Crippen molar-refractivity contribution in [3.05, 3.63) is 189 Å². The Morgan fingerprint density at radius 3 is 1.58 bits per heavy atom. The van der Waals surface area contributed by atoms with Crippen LogP contribution in [0.25, 0.3) is 17.0 Å². The van der Waals surface area contributed by atoms with Crippen molar-refractivity contribution in [2.45, 2.75) is 111 Å². The maximum atomic E-state index is 9.81. The first-order valence-corrected chi connectivity index (χ1v) is 23.3. The zero-order chi connectivity index (χ0) is 50.9. The second kappa shape index (κ2) is 21.7. The van der Waals surface area contributed by atoms with Gasteiger partial charge in [-0.3, -0.25) is 0 Å². The first-order chi connectivity index (χ1) is 33.1. The van der Waals surface area contributed by atoms with Crippen LogP contribution in [-0.4, -0.2) is 11.8 Å². The predicted molar refractivity (Wildman–Crippen MR) is 282 cm³/mol. The van der Waals surface area contributed by atoms with E-state index in [0.29, 0.717) is 46.2 Å². The van der Waals surface area contributed by atoms with Crippen LogP contribution in [0.5, 0.6) is 34.8 Å². The molecule has 356 valence electrons. The molecule has 2 aliphatic heterocycles. The molecule has 2 aromatic heterocycles. The van der Waals surface area contributed by atoms with Crippen molar-refractivity contribution in [1.29, 1.82) is 5.26 Å². The van der Waals surface area contributed by atoms with Gasteiger partial charge in [-0.1, -0.05) is 89.4 Å². The largest absolute Gasteiger partial charge is 2.00 e. The SMILES string of the molecule is CC1=C(C#N)C(Oc2c(C)cc(C)cc2C)=N/C1=C\c1[n-]c(Oc2cc(C)c(C)cc2C)cc1C.[C-]#[N+]c1c(Oc2c(C)cc(C)cc2C)[n-]c(/C=C2\N=C(Oc3c(C)cc(C)cc3C)C=C2C)c1C.[Zn+2]. The number of nitriles is 1. The second-order valence-corrected chi connectivity index (χ2v) is 18.7. The summed E-state index contributed by atoms with van der Waals surface area (Å²) in [6.07, 6.45) is 5.70. The van der Waals surface area contributed by atoms with Crippen molar-refractivity contribution in [1.82, 2.24) is 9.97 Å². The van der Waals surface area contributed by atoms with Crippen LogP contribution < -0.4 is 28.9 Å². The molecule has 4 heterocycles. The summed E-state index contributed by atoms with van der Waals surface area (Å²) < 4.78 is 24.6. The third-order valence-corrected chi connectivity index (χ3v) is 12.5. The van der Waals surface area contributed by atoms with Gasteiger partial charge in [0, 0.05) is 17.8 Å². The summed E-state index contributed by atoms with van der Waals surface area (Å²) in [4.78, 5) is 22.4. The van der Waals surface area contributed by atoms with E-state index in [2.05, 4.69) is 103 Å². The molecule has 0 N–H and O–H groups in total. The van der Waals surface area contributed by atoms with Gasteiger partial charge in [-0.25, -0.2) is 14.8 Å². The Labute approximate surface area is 432 Å². The number of hydrogen-bond donors (Lipinski definition) is 0. The summed E-state index contributed by atoms with van der Waals surface area (Å²) in [6, 6.07) is 20.8. The number of ether oxygens (including phenoxy) is 4. The monoisotopic (exact) mass is 992 g/mol. The summed E-state index contributed by atoms with van der Waals surface area (Å²) in [5.41, 5.74) is 20.4. The third kappa shape index (κ3) is 11.6. The van der Waals surface area contributed by atoms with Gasteiger partial charge in [0.2, 0.25) is 17.5 Å². The Bertz CT molecular complexity index is 3340. The molecule has 2 aliphatic rings. The van der Waals surface area contributed by atoms with Gasteiger partial charge in [0.05, 0.1) is 18.0 Å². The molecule has 0 spiro atoms. The number of aromatic nitrogens is 2. The van der Waals surface area contributed by atoms with Gasteiger partial charge in [0.25, 0.3) is 0 Å². The minimum Gasteiger partial charge on any atom is -0.638 e. The number of aryl methyl sites for hydroxylation is 13. The first-order valence-electron chi connectivity index (χ1n) is 23.3. The fraction of sp³-hybridized carbons (Fsp3) is 0.267. The van der Waals surface area contributed by atoms with Crippen molar-refractivity contribution >= 4 is 29.6 Å². The van der Waals surface area contributed by atoms with E-state index in [1.54, 1.807) is 0 Å². The summed E-state index contributed by atoms with van der Waals surface area (Å²) in [5.74, 6) is 4.82. The molecule has 4 aromatic carbocycles. The number of benzene rings is 4. The molecule has 0 atom stereocenters. The maximum Gasteiger partial charge on any atom is 2.00 e. The Balaban J connectivity index is 0.000000229. The molecule has 6 aromatic rings. The van der Waals surface area contributed by atoms with Crippen molar-refractivity contribution in [2.75, 3.05) is 0 Å². The number of nitrogens with zero attached hydrogens (tertiary/aromatic N) is 6. The molecule has 0 saturated carbocycles. The molecule has 0 bridgehead atoms. The number of allylic oxidation sites excluding steroid dienone is 2. The maximum absolute atomic E-state index is 9.81. The Kier molecular flexibility index (Phi) is 16.2. The van der Waals surface area contributed by atoms with E-state index in [1.165, 1.54) is 27.8 Å². The molecule has 10 nitrogen and oxygen atoms in total. The van der Waals surface area contributed by atoms with Gasteiger partial charge >= 0.3 is 19.5 Å². The summed E-state index contributed by atoms with van der Waals surface area (Å²) in [6.45, 7) is 39.9. The smallest absolute Gasteiger partial charge is 0.638 e. The molecule has 0 unspecified atom stereocenters. The molecule has 0 radical (unpaired) electrons. The van der Waals surface area contributed by atoms with Gasteiger partial charge in [-0.15, -0.1) is 11.4 Å². The van der Waals surface area contributed by atoms with Crippen molar-refractivity contribution in [3.8, 4) is 40.8 Å². The zero-order valence-electron chi connectivity index (χ0n) is 44.0. The number of rotatable bonds is 8. The second-order valence-electron chi connectivity index (χ2n) is 18.7. The fourth-order valence-electron chi connectivity index (χ4n) is 8.85. The molecule has 0 fully saturated rings. The topological polar surface area (TPSA) is 118 Å². The van der Waals surface area contributed by atoms with E-state index < -0.39 is 0 Å². The molecule has 11 heteroatoms. The predicted octanol–water partition coefficient (Wildman–Crippen LogP) is 15.2. The Hall–Kier alpha value is -7.46. The summed E-state index contributed by atoms with van der Waals surface area (Å²) >= 11 is 0. The molecule has 0 saturated heterocycles. The van der Waals surface area contributed by atoms with Crippen molar-refractivity contribution in [3.63, 3.8) is 0 Å². The van der Waals surface area contributed by atoms with Crippen LogP contribution in [0.1, 0.15) is 103 Å². The normalized spacial score (nSPS) is 14.0. The molecular formula is C60H60N6O4Zn. The molecule has 0 amide bonds. The van der Waals surface area contributed by atoms with E-state index in [-0.39, 0.29) is 19.5 Å². The molecular weight excluding hydrogens is 934 g/mol. The minimum absolute atomic E-state index is 0. The van der Waals surface area contributed by atoms with Gasteiger partial charge in [0.15, 0.2) is 0 Å². The van der Waals surface area contributed by atoms with E-state index >= 15 is 0 Å². The average Bonchev–Trinajstić information content (AvgIpc) is 3.99. The van der Waals surface area contributed by atoms with Crippen LogP contribution in [0.4, 0.5) is 5.69 Å². The van der Waals surface area contributed by atoms with Gasteiger partial charge in [0.1, 0.15) is 34.6 Å². The fourth-order valence-corrected chi connectivity index (χ4v) is 8.85. The van der Waals surface area contributed by atoms with Crippen LogP contribution in [0, 0.1) is 115 Å². The van der Waals surface area contributed by atoms with E-state index in [0.717, 1.165) is 95.6 Å². The van der Waals surface area contributed by atoms with E-state index in [1.807, 2.05) is 107 Å². The molecule has 0 aliphatic carbocycles.